The molecule has 0 heterocycles. The first-order chi connectivity index (χ1) is 33.7. The predicted octanol–water partition coefficient (Wildman–Crippen LogP) is 21.5. The molecule has 0 fully saturated rings. The molecule has 1 unspecified atom stereocenters. The van der Waals surface area contributed by atoms with Crippen LogP contribution >= 0.6 is 0 Å². The molecule has 0 spiro atoms. The van der Waals surface area contributed by atoms with Gasteiger partial charge < -0.3 is 29.4 Å². The fourth-order valence-corrected chi connectivity index (χ4v) is 5.82. The van der Waals surface area contributed by atoms with E-state index in [-0.39, 0.29) is 0 Å². The highest BCUT2D eigenvalue weighted by atomic mass is 16.5. The van der Waals surface area contributed by atoms with E-state index in [2.05, 4.69) is 88.0 Å². The third-order valence-corrected chi connectivity index (χ3v) is 10.4. The number of rotatable bonds is 37. The quantitative estimate of drug-likeness (QED) is 0.0477. The second-order valence-corrected chi connectivity index (χ2v) is 17.1. The number of hydrogen-bond donors (Lipinski definition) is 2. The van der Waals surface area contributed by atoms with Crippen molar-refractivity contribution in [1.82, 2.24) is 4.90 Å². The minimum atomic E-state index is 0.316. The Kier molecular flexibility index (Phi) is 174. The Bertz CT molecular complexity index is 572. The van der Waals surface area contributed by atoms with Gasteiger partial charge in [-0.25, -0.2) is 0 Å². The molecule has 0 rings (SSSR count). The summed E-state index contributed by atoms with van der Waals surface area (Å²) in [4.78, 5) is 11.3. The number of ether oxygens (including phenoxy) is 2. The molecule has 0 aliphatic carbocycles. The third kappa shape index (κ3) is 160. The second kappa shape index (κ2) is 127. The number of aliphatic hydroxyl groups is 2. The SMILES string of the molecule is CC.CC.CC.CC=O.CCCC.CCCCCC.CCCCCCC.CCCCCCC.CCCCCCCCCC(CC)CO.CCCCN(CCCO)CCCCCCOC.CCCOC. The van der Waals surface area contributed by atoms with E-state index in [4.69, 9.17) is 24.5 Å². The number of aliphatic hydroxyl groups excluding tert-OH is 2. The van der Waals surface area contributed by atoms with E-state index in [1.165, 1.54) is 213 Å². The number of nitrogens with zero attached hydrogens (tertiary/aromatic N) is 1. The average Bonchev–Trinajstić information content (AvgIpc) is 3.39. The maximum absolute atomic E-state index is 9.00. The van der Waals surface area contributed by atoms with Crippen molar-refractivity contribution < 1.29 is 24.5 Å². The lowest BCUT2D eigenvalue weighted by Gasteiger charge is -2.21. The van der Waals surface area contributed by atoms with Gasteiger partial charge in [-0.2, -0.15) is 0 Å². The summed E-state index contributed by atoms with van der Waals surface area (Å²) >= 11 is 0. The number of carbonyl (C=O) groups is 1. The van der Waals surface area contributed by atoms with E-state index >= 15 is 0 Å². The van der Waals surface area contributed by atoms with Gasteiger partial charge in [-0.3, -0.25) is 0 Å². The molecule has 1 atom stereocenters. The van der Waals surface area contributed by atoms with Crippen LogP contribution in [0.1, 0.15) is 343 Å². The number of hydrogen-bond acceptors (Lipinski definition) is 6. The number of methoxy groups -OCH3 is 2. The van der Waals surface area contributed by atoms with Gasteiger partial charge in [0.05, 0.1) is 0 Å². The summed E-state index contributed by atoms with van der Waals surface area (Å²) in [6, 6.07) is 0. The third-order valence-electron chi connectivity index (χ3n) is 10.4. The van der Waals surface area contributed by atoms with E-state index in [9.17, 15) is 0 Å². The summed E-state index contributed by atoms with van der Waals surface area (Å²) in [7, 11) is 3.48. The van der Waals surface area contributed by atoms with E-state index in [1.54, 1.807) is 14.2 Å². The maximum Gasteiger partial charge on any atom is 0.116 e. The molecule has 0 bridgehead atoms. The van der Waals surface area contributed by atoms with Gasteiger partial charge in [0.2, 0.25) is 0 Å². The van der Waals surface area contributed by atoms with Crippen LogP contribution in [0.2, 0.25) is 0 Å². The maximum atomic E-state index is 9.00. The first-order valence-electron chi connectivity index (χ1n) is 31.0. The molecule has 2 N–H and O–H groups in total. The van der Waals surface area contributed by atoms with Gasteiger partial charge >= 0.3 is 0 Å². The van der Waals surface area contributed by atoms with Gasteiger partial charge in [-0.05, 0) is 64.5 Å². The number of unbranched alkanes of at least 4 members (excludes halogenated alkanes) is 22. The van der Waals surface area contributed by atoms with E-state index in [0.717, 1.165) is 45.3 Å². The molecular formula is C63H147NO5. The Morgan fingerprint density at radius 2 is 0.667 bits per heavy atom. The molecule has 0 saturated heterocycles. The monoisotopic (exact) mass is 998 g/mol. The summed E-state index contributed by atoms with van der Waals surface area (Å²) in [5.41, 5.74) is 0. The lowest BCUT2D eigenvalue weighted by Crippen LogP contribution is -2.27. The van der Waals surface area contributed by atoms with Crippen LogP contribution in [0.3, 0.4) is 0 Å². The highest BCUT2D eigenvalue weighted by Gasteiger charge is 2.04. The smallest absolute Gasteiger partial charge is 0.116 e. The molecule has 0 amide bonds. The number of aldehydes is 1. The molecule has 0 aromatic carbocycles. The summed E-state index contributed by atoms with van der Waals surface area (Å²) in [6.45, 7) is 45.9. The van der Waals surface area contributed by atoms with Gasteiger partial charge in [-0.15, -0.1) is 0 Å². The molecule has 0 aromatic heterocycles. The van der Waals surface area contributed by atoms with Gasteiger partial charge in [0, 0.05) is 47.2 Å². The van der Waals surface area contributed by atoms with Gasteiger partial charge in [-0.1, -0.05) is 298 Å². The molecule has 6 nitrogen and oxygen atoms in total. The summed E-state index contributed by atoms with van der Waals surface area (Å²) in [5.74, 6) is 0.561. The van der Waals surface area contributed by atoms with Crippen LogP contribution in [0.15, 0.2) is 0 Å². The van der Waals surface area contributed by atoms with Gasteiger partial charge in [0.1, 0.15) is 6.29 Å². The average molecular weight is 999 g/mol. The molecule has 0 aliphatic heterocycles. The molecule has 69 heavy (non-hydrogen) atoms. The molecule has 0 radical (unpaired) electrons. The van der Waals surface area contributed by atoms with Crippen LogP contribution in [-0.2, 0) is 14.3 Å². The van der Waals surface area contributed by atoms with Crippen LogP contribution in [-0.4, -0.2) is 81.7 Å². The van der Waals surface area contributed by atoms with Crippen molar-refractivity contribution in [3.05, 3.63) is 0 Å². The topological polar surface area (TPSA) is 79.2 Å². The van der Waals surface area contributed by atoms with Crippen molar-refractivity contribution in [2.24, 2.45) is 5.92 Å². The van der Waals surface area contributed by atoms with Crippen LogP contribution in [0.5, 0.6) is 0 Å². The molecule has 0 aliphatic rings. The lowest BCUT2D eigenvalue weighted by atomic mass is 9.99. The van der Waals surface area contributed by atoms with Crippen LogP contribution in [0, 0.1) is 5.92 Å². The zero-order valence-corrected chi connectivity index (χ0v) is 53.0. The second-order valence-electron chi connectivity index (χ2n) is 17.1. The van der Waals surface area contributed by atoms with Crippen molar-refractivity contribution in [2.45, 2.75) is 343 Å². The summed E-state index contributed by atoms with van der Waals surface area (Å²) in [5, 5.41) is 17.9. The fourth-order valence-electron chi connectivity index (χ4n) is 5.82. The van der Waals surface area contributed by atoms with Crippen LogP contribution in [0.25, 0.3) is 0 Å². The standard InChI is InChI=1S/C14H31NO2.C13H28O.2C7H16.C6H14.C4H10O.C4H10.C2H4O.3C2H6/c1-3-4-10-15(12-9-13-16)11-7-5-6-8-14-17-2;1-3-5-6-7-8-9-10-11-13(4-2)12-14;2*1-3-5-7-6-4-2;1-3-5-6-4-2;1-3-4-5-2;1-3-4-2;1-2-3;3*1-2/h16H,3-14H2,1-2H3;13-14H,3-12H2,1-2H3;2*3-7H2,1-2H3;3-6H2,1-2H3;3-4H2,1-2H3;3-4H2,1-2H3;2H,1H3;3*1-2H3. The fraction of sp³-hybridized carbons (Fsp3) is 0.984. The first kappa shape index (κ1) is 94.4. The minimum absolute atomic E-state index is 0.316. The molecule has 6 heteroatoms. The zero-order valence-electron chi connectivity index (χ0n) is 53.0. The highest BCUT2D eigenvalue weighted by molar-refractivity contribution is 5.44. The van der Waals surface area contributed by atoms with E-state index < -0.39 is 0 Å². The van der Waals surface area contributed by atoms with Crippen LogP contribution in [0.4, 0.5) is 0 Å². The molecule has 434 valence electrons. The van der Waals surface area contributed by atoms with E-state index in [0.29, 0.717) is 19.1 Å². The predicted molar refractivity (Wildman–Crippen MR) is 324 cm³/mol. The molecule has 0 aromatic rings. The van der Waals surface area contributed by atoms with Crippen molar-refractivity contribution in [3.63, 3.8) is 0 Å². The van der Waals surface area contributed by atoms with Crippen molar-refractivity contribution in [3.8, 4) is 0 Å². The summed E-state index contributed by atoms with van der Waals surface area (Å²) < 4.78 is 9.73. The normalized spacial score (nSPS) is 9.62. The summed E-state index contributed by atoms with van der Waals surface area (Å²) in [6.07, 6.45) is 44.5. The Morgan fingerprint density at radius 1 is 0.377 bits per heavy atom. The molecule has 0 saturated carbocycles. The Balaban J connectivity index is -0.0000000645. The highest BCUT2D eigenvalue weighted by Crippen LogP contribution is 2.14. The largest absolute Gasteiger partial charge is 0.396 e. The lowest BCUT2D eigenvalue weighted by molar-refractivity contribution is -0.106. The Morgan fingerprint density at radius 3 is 0.957 bits per heavy atom. The van der Waals surface area contributed by atoms with Crippen molar-refractivity contribution >= 4 is 6.29 Å². The first-order valence-corrected chi connectivity index (χ1v) is 31.0. The van der Waals surface area contributed by atoms with Gasteiger partial charge in [0.15, 0.2) is 0 Å². The van der Waals surface area contributed by atoms with E-state index in [1.807, 2.05) is 41.5 Å². The Labute approximate surface area is 443 Å². The minimum Gasteiger partial charge on any atom is -0.396 e. The Hall–Kier alpha value is -0.530. The van der Waals surface area contributed by atoms with Crippen molar-refractivity contribution in [2.75, 3.05) is 60.3 Å². The number of carbonyl (C=O) groups excluding carboxylic acids is 1. The van der Waals surface area contributed by atoms with Gasteiger partial charge in [0.25, 0.3) is 0 Å². The zero-order chi connectivity index (χ0) is 55.6. The van der Waals surface area contributed by atoms with Crippen LogP contribution < -0.4 is 0 Å². The molecular weight excluding hydrogens is 851 g/mol. The van der Waals surface area contributed by atoms with Crippen molar-refractivity contribution in [1.29, 1.82) is 0 Å².